The van der Waals surface area contributed by atoms with E-state index < -0.39 is 0 Å². The zero-order valence-electron chi connectivity index (χ0n) is 11.8. The second kappa shape index (κ2) is 6.55. The van der Waals surface area contributed by atoms with Gasteiger partial charge in [0.1, 0.15) is 0 Å². The third kappa shape index (κ3) is 5.82. The van der Waals surface area contributed by atoms with Crippen molar-refractivity contribution >= 4 is 11.6 Å². The number of hydrogen-bond acceptors (Lipinski definition) is 2. The molecule has 1 aromatic carbocycles. The molecule has 0 radical (unpaired) electrons. The third-order valence-electron chi connectivity index (χ3n) is 2.48. The monoisotopic (exact) mass is 248 g/mol. The van der Waals surface area contributed by atoms with E-state index in [-0.39, 0.29) is 11.3 Å². The van der Waals surface area contributed by atoms with E-state index in [2.05, 4.69) is 44.4 Å². The van der Waals surface area contributed by atoms with Crippen molar-refractivity contribution in [2.75, 3.05) is 11.9 Å². The van der Waals surface area contributed by atoms with Gasteiger partial charge in [-0.2, -0.15) is 0 Å². The highest BCUT2D eigenvalue weighted by molar-refractivity contribution is 5.91. The van der Waals surface area contributed by atoms with Gasteiger partial charge in [0.25, 0.3) is 0 Å². The van der Waals surface area contributed by atoms with Gasteiger partial charge in [-0.15, -0.1) is 0 Å². The van der Waals surface area contributed by atoms with Crippen molar-refractivity contribution in [3.63, 3.8) is 0 Å². The first kappa shape index (κ1) is 14.7. The molecule has 0 heterocycles. The van der Waals surface area contributed by atoms with Gasteiger partial charge in [0, 0.05) is 18.7 Å². The molecule has 0 aliphatic heterocycles. The molecule has 0 unspecified atom stereocenters. The fourth-order valence-corrected chi connectivity index (χ4v) is 1.72. The summed E-state index contributed by atoms with van der Waals surface area (Å²) in [6, 6.07) is 7.97. The average Bonchev–Trinajstić information content (AvgIpc) is 2.24. The molecule has 18 heavy (non-hydrogen) atoms. The van der Waals surface area contributed by atoms with E-state index in [0.717, 1.165) is 18.8 Å². The number of benzene rings is 1. The third-order valence-corrected chi connectivity index (χ3v) is 2.48. The molecule has 0 bridgehead atoms. The van der Waals surface area contributed by atoms with Crippen LogP contribution in [0.1, 0.15) is 39.7 Å². The van der Waals surface area contributed by atoms with E-state index in [0.29, 0.717) is 6.42 Å². The number of amides is 1. The maximum atomic E-state index is 11.8. The SMILES string of the molecule is CCNCc1cccc(NC(=O)CC(C)(C)C)c1. The molecule has 3 nitrogen and oxygen atoms in total. The second-order valence-electron chi connectivity index (χ2n) is 5.77. The Morgan fingerprint density at radius 2 is 2.00 bits per heavy atom. The molecular formula is C15H24N2O. The molecule has 0 atom stereocenters. The molecule has 0 fully saturated rings. The summed E-state index contributed by atoms with van der Waals surface area (Å²) in [7, 11) is 0. The zero-order valence-corrected chi connectivity index (χ0v) is 11.8. The Labute approximate surface area is 110 Å². The number of hydrogen-bond donors (Lipinski definition) is 2. The summed E-state index contributed by atoms with van der Waals surface area (Å²) < 4.78 is 0. The van der Waals surface area contributed by atoms with Crippen molar-refractivity contribution in [1.82, 2.24) is 5.32 Å². The van der Waals surface area contributed by atoms with Crippen molar-refractivity contribution in [1.29, 1.82) is 0 Å². The highest BCUT2D eigenvalue weighted by Gasteiger charge is 2.15. The second-order valence-corrected chi connectivity index (χ2v) is 5.77. The Bertz CT molecular complexity index is 394. The molecule has 0 aliphatic rings. The van der Waals surface area contributed by atoms with Gasteiger partial charge >= 0.3 is 0 Å². The minimum atomic E-state index is 0.0193. The lowest BCUT2D eigenvalue weighted by atomic mass is 9.92. The summed E-state index contributed by atoms with van der Waals surface area (Å²) in [6.45, 7) is 10.0. The van der Waals surface area contributed by atoms with Crippen molar-refractivity contribution in [2.24, 2.45) is 5.41 Å². The molecule has 3 heteroatoms. The minimum Gasteiger partial charge on any atom is -0.326 e. The molecule has 0 aliphatic carbocycles. The van der Waals surface area contributed by atoms with Gasteiger partial charge in [-0.05, 0) is 29.7 Å². The highest BCUT2D eigenvalue weighted by atomic mass is 16.1. The van der Waals surface area contributed by atoms with Crippen molar-refractivity contribution < 1.29 is 4.79 Å². The van der Waals surface area contributed by atoms with Crippen molar-refractivity contribution in [3.8, 4) is 0 Å². The summed E-state index contributed by atoms with van der Waals surface area (Å²) in [5.41, 5.74) is 2.08. The van der Waals surface area contributed by atoms with Crippen LogP contribution in [0.3, 0.4) is 0 Å². The Balaban J connectivity index is 2.59. The Morgan fingerprint density at radius 3 is 2.61 bits per heavy atom. The largest absolute Gasteiger partial charge is 0.326 e. The normalized spacial score (nSPS) is 11.3. The maximum absolute atomic E-state index is 11.8. The lowest BCUT2D eigenvalue weighted by Crippen LogP contribution is -2.19. The molecule has 2 N–H and O–H groups in total. The van der Waals surface area contributed by atoms with Crippen LogP contribution in [0.15, 0.2) is 24.3 Å². The van der Waals surface area contributed by atoms with E-state index in [1.54, 1.807) is 0 Å². The smallest absolute Gasteiger partial charge is 0.224 e. The number of carbonyl (C=O) groups excluding carboxylic acids is 1. The van der Waals surface area contributed by atoms with Crippen molar-refractivity contribution in [2.45, 2.75) is 40.7 Å². The summed E-state index contributed by atoms with van der Waals surface area (Å²) in [5, 5.41) is 6.22. The molecule has 0 saturated heterocycles. The summed E-state index contributed by atoms with van der Waals surface area (Å²) in [6.07, 6.45) is 0.532. The Morgan fingerprint density at radius 1 is 1.28 bits per heavy atom. The molecule has 100 valence electrons. The van der Waals surface area contributed by atoms with Crippen LogP contribution in [-0.4, -0.2) is 12.5 Å². The summed E-state index contributed by atoms with van der Waals surface area (Å²) in [4.78, 5) is 11.8. The van der Waals surface area contributed by atoms with Crippen LogP contribution >= 0.6 is 0 Å². The molecule has 1 aromatic rings. The lowest BCUT2D eigenvalue weighted by Gasteiger charge is -2.17. The van der Waals surface area contributed by atoms with Crippen LogP contribution in [0.4, 0.5) is 5.69 Å². The zero-order chi connectivity index (χ0) is 13.6. The highest BCUT2D eigenvalue weighted by Crippen LogP contribution is 2.19. The number of nitrogens with one attached hydrogen (secondary N) is 2. The van der Waals surface area contributed by atoms with E-state index in [4.69, 9.17) is 0 Å². The predicted octanol–water partition coefficient (Wildman–Crippen LogP) is 3.17. The molecule has 0 spiro atoms. The molecule has 1 amide bonds. The van der Waals surface area contributed by atoms with Gasteiger partial charge < -0.3 is 10.6 Å². The number of rotatable bonds is 5. The predicted molar refractivity (Wildman–Crippen MR) is 76.5 cm³/mol. The van der Waals surface area contributed by atoms with E-state index in [9.17, 15) is 4.79 Å². The van der Waals surface area contributed by atoms with Crippen LogP contribution in [0.5, 0.6) is 0 Å². The minimum absolute atomic E-state index is 0.0193. The van der Waals surface area contributed by atoms with E-state index >= 15 is 0 Å². The number of anilines is 1. The Hall–Kier alpha value is -1.35. The maximum Gasteiger partial charge on any atom is 0.224 e. The molecule has 1 rings (SSSR count). The number of carbonyl (C=O) groups is 1. The first-order valence-electron chi connectivity index (χ1n) is 6.50. The van der Waals surface area contributed by atoms with Gasteiger partial charge in [0.2, 0.25) is 5.91 Å². The van der Waals surface area contributed by atoms with Gasteiger partial charge in [-0.1, -0.05) is 39.8 Å². The fraction of sp³-hybridized carbons (Fsp3) is 0.533. The van der Waals surface area contributed by atoms with Gasteiger partial charge in [0.15, 0.2) is 0 Å². The lowest BCUT2D eigenvalue weighted by molar-refractivity contribution is -0.117. The molecule has 0 aromatic heterocycles. The molecule has 0 saturated carbocycles. The summed E-state index contributed by atoms with van der Waals surface area (Å²) in [5.74, 6) is 0.0723. The molecular weight excluding hydrogens is 224 g/mol. The van der Waals surface area contributed by atoms with Crippen LogP contribution in [-0.2, 0) is 11.3 Å². The first-order valence-corrected chi connectivity index (χ1v) is 6.50. The summed E-state index contributed by atoms with van der Waals surface area (Å²) >= 11 is 0. The first-order chi connectivity index (χ1) is 8.40. The standard InChI is InChI=1S/C15H24N2O/c1-5-16-11-12-7-6-8-13(9-12)17-14(18)10-15(2,3)4/h6-9,16H,5,10-11H2,1-4H3,(H,17,18). The quantitative estimate of drug-likeness (QED) is 0.840. The van der Waals surface area contributed by atoms with Gasteiger partial charge in [-0.25, -0.2) is 0 Å². The van der Waals surface area contributed by atoms with Crippen LogP contribution in [0.2, 0.25) is 0 Å². The topological polar surface area (TPSA) is 41.1 Å². The van der Waals surface area contributed by atoms with Crippen LogP contribution < -0.4 is 10.6 Å². The van der Waals surface area contributed by atoms with E-state index in [1.807, 2.05) is 18.2 Å². The average molecular weight is 248 g/mol. The van der Waals surface area contributed by atoms with Gasteiger partial charge in [0.05, 0.1) is 0 Å². The fourth-order valence-electron chi connectivity index (χ4n) is 1.72. The van der Waals surface area contributed by atoms with Crippen molar-refractivity contribution in [3.05, 3.63) is 29.8 Å². The Kier molecular flexibility index (Phi) is 5.35. The van der Waals surface area contributed by atoms with Crippen LogP contribution in [0, 0.1) is 5.41 Å². The van der Waals surface area contributed by atoms with E-state index in [1.165, 1.54) is 5.56 Å². The van der Waals surface area contributed by atoms with Crippen LogP contribution in [0.25, 0.3) is 0 Å². The van der Waals surface area contributed by atoms with Gasteiger partial charge in [-0.3, -0.25) is 4.79 Å².